The van der Waals surface area contributed by atoms with Crippen LogP contribution in [0, 0.1) is 11.8 Å². The summed E-state index contributed by atoms with van der Waals surface area (Å²) in [5.41, 5.74) is -1.36. The highest BCUT2D eigenvalue weighted by Crippen LogP contribution is 2.51. The predicted molar refractivity (Wildman–Crippen MR) is 86.8 cm³/mol. The average Bonchev–Trinajstić information content (AvgIpc) is 3.10. The Labute approximate surface area is 146 Å². The molecule has 0 radical (unpaired) electrons. The molecule has 8 nitrogen and oxygen atoms in total. The van der Waals surface area contributed by atoms with Crippen molar-refractivity contribution in [1.29, 1.82) is 0 Å². The highest BCUT2D eigenvalue weighted by Gasteiger charge is 2.66. The summed E-state index contributed by atoms with van der Waals surface area (Å²) in [6, 6.07) is 0. The van der Waals surface area contributed by atoms with Gasteiger partial charge in [0.05, 0.1) is 18.6 Å². The van der Waals surface area contributed by atoms with E-state index in [9.17, 15) is 19.5 Å². The van der Waals surface area contributed by atoms with Crippen LogP contribution in [0.15, 0.2) is 12.2 Å². The molecule has 8 heteroatoms. The number of alkyl carbamates (subject to hydrolysis) is 1. The normalized spacial score (nSPS) is 32.8. The van der Waals surface area contributed by atoms with E-state index < -0.39 is 41.2 Å². The Morgan fingerprint density at radius 2 is 2.20 bits per heavy atom. The van der Waals surface area contributed by atoms with Gasteiger partial charge in [0, 0.05) is 13.1 Å². The fourth-order valence-electron chi connectivity index (χ4n) is 3.82. The largest absolute Gasteiger partial charge is 0.481 e. The Balaban J connectivity index is 1.51. The predicted octanol–water partition coefficient (Wildman–Crippen LogP) is 0.768. The Hall–Kier alpha value is -2.09. The van der Waals surface area contributed by atoms with Crippen LogP contribution in [0.5, 0.6) is 0 Å². The minimum atomic E-state index is -0.997. The number of carbonyl (C=O) groups excluding carboxylic acids is 2. The Morgan fingerprint density at radius 3 is 2.84 bits per heavy atom. The SMILES string of the molecule is CC(C)(C)OC(=O)NCCCN1CC23C=CC(O2)C(C(=O)O)C3C1=O. The number of likely N-dealkylation sites (tertiary alicyclic amines) is 1. The second-order valence-corrected chi connectivity index (χ2v) is 7.78. The molecule has 2 N–H and O–H groups in total. The highest BCUT2D eigenvalue weighted by molar-refractivity contribution is 5.90. The summed E-state index contributed by atoms with van der Waals surface area (Å²) in [7, 11) is 0. The van der Waals surface area contributed by atoms with E-state index in [1.54, 1.807) is 31.7 Å². The molecular formula is C17H24N2O6. The number of carboxylic acids is 1. The molecule has 2 amide bonds. The van der Waals surface area contributed by atoms with Crippen molar-refractivity contribution in [2.24, 2.45) is 11.8 Å². The number of carboxylic acid groups (broad SMARTS) is 1. The van der Waals surface area contributed by atoms with Gasteiger partial charge in [0.2, 0.25) is 5.91 Å². The number of hydrogen-bond donors (Lipinski definition) is 2. The molecule has 4 atom stereocenters. The lowest BCUT2D eigenvalue weighted by molar-refractivity contribution is -0.148. The molecule has 0 aromatic heterocycles. The number of amides is 2. The molecule has 3 heterocycles. The number of ether oxygens (including phenoxy) is 2. The van der Waals surface area contributed by atoms with Gasteiger partial charge in [-0.3, -0.25) is 9.59 Å². The topological polar surface area (TPSA) is 105 Å². The number of fused-ring (bicyclic) bond motifs is 1. The van der Waals surface area contributed by atoms with Crippen LogP contribution in [0.4, 0.5) is 4.79 Å². The van der Waals surface area contributed by atoms with Crippen molar-refractivity contribution in [2.45, 2.75) is 44.5 Å². The maximum absolute atomic E-state index is 12.6. The van der Waals surface area contributed by atoms with Crippen LogP contribution in [0.3, 0.4) is 0 Å². The Kier molecular flexibility index (Phi) is 4.26. The zero-order chi connectivity index (χ0) is 18.4. The van der Waals surface area contributed by atoms with Crippen LogP contribution < -0.4 is 5.32 Å². The summed E-state index contributed by atoms with van der Waals surface area (Å²) in [5, 5.41) is 12.1. The van der Waals surface area contributed by atoms with Crippen molar-refractivity contribution in [3.8, 4) is 0 Å². The first kappa shape index (κ1) is 17.7. The maximum Gasteiger partial charge on any atom is 0.407 e. The summed E-state index contributed by atoms with van der Waals surface area (Å²) in [5.74, 6) is -2.65. The number of nitrogens with zero attached hydrogens (tertiary/aromatic N) is 1. The molecular weight excluding hydrogens is 328 g/mol. The van der Waals surface area contributed by atoms with Crippen molar-refractivity contribution >= 4 is 18.0 Å². The van der Waals surface area contributed by atoms with Crippen LogP contribution >= 0.6 is 0 Å². The lowest BCUT2D eigenvalue weighted by atomic mass is 9.77. The van der Waals surface area contributed by atoms with Gasteiger partial charge < -0.3 is 24.8 Å². The van der Waals surface area contributed by atoms with Gasteiger partial charge in [0.25, 0.3) is 0 Å². The van der Waals surface area contributed by atoms with E-state index in [0.717, 1.165) is 0 Å². The monoisotopic (exact) mass is 352 g/mol. The molecule has 2 fully saturated rings. The van der Waals surface area contributed by atoms with E-state index in [1.165, 1.54) is 0 Å². The van der Waals surface area contributed by atoms with Gasteiger partial charge in [-0.2, -0.15) is 0 Å². The van der Waals surface area contributed by atoms with Crippen molar-refractivity contribution in [2.75, 3.05) is 19.6 Å². The van der Waals surface area contributed by atoms with Crippen LogP contribution in [0.25, 0.3) is 0 Å². The van der Waals surface area contributed by atoms with E-state index in [4.69, 9.17) is 9.47 Å². The summed E-state index contributed by atoms with van der Waals surface area (Å²) in [6.45, 7) is 6.53. The van der Waals surface area contributed by atoms with Gasteiger partial charge in [-0.05, 0) is 27.2 Å². The Morgan fingerprint density at radius 1 is 1.48 bits per heavy atom. The van der Waals surface area contributed by atoms with E-state index in [-0.39, 0.29) is 5.91 Å². The molecule has 0 aromatic rings. The Bertz CT molecular complexity index is 625. The number of rotatable bonds is 5. The van der Waals surface area contributed by atoms with E-state index in [1.807, 2.05) is 6.08 Å². The standard InChI is InChI=1S/C17H24N2O6/c1-16(2,3)25-15(23)18-7-4-8-19-9-17-6-5-10(24-17)11(14(21)22)12(17)13(19)20/h5-6,10-12H,4,7-9H2,1-3H3,(H,18,23)(H,21,22). The fraction of sp³-hybridized carbons (Fsp3) is 0.706. The van der Waals surface area contributed by atoms with Crippen LogP contribution in [-0.4, -0.2) is 64.9 Å². The van der Waals surface area contributed by atoms with Crippen molar-refractivity contribution in [3.05, 3.63) is 12.2 Å². The molecule has 3 aliphatic rings. The molecule has 138 valence electrons. The lowest BCUT2D eigenvalue weighted by Gasteiger charge is -2.22. The first-order chi connectivity index (χ1) is 11.6. The smallest absolute Gasteiger partial charge is 0.407 e. The third kappa shape index (κ3) is 3.22. The quantitative estimate of drug-likeness (QED) is 0.559. The van der Waals surface area contributed by atoms with Crippen molar-refractivity contribution < 1.29 is 29.0 Å². The van der Waals surface area contributed by atoms with Gasteiger partial charge in [-0.1, -0.05) is 12.2 Å². The maximum atomic E-state index is 12.6. The summed E-state index contributed by atoms with van der Waals surface area (Å²) < 4.78 is 11.0. The zero-order valence-electron chi connectivity index (χ0n) is 14.7. The number of aliphatic carboxylic acids is 1. The van der Waals surface area contributed by atoms with Gasteiger partial charge in [0.15, 0.2) is 0 Å². The van der Waals surface area contributed by atoms with Gasteiger partial charge in [-0.15, -0.1) is 0 Å². The van der Waals surface area contributed by atoms with E-state index >= 15 is 0 Å². The third-order valence-electron chi connectivity index (χ3n) is 4.74. The molecule has 3 aliphatic heterocycles. The molecule has 4 unspecified atom stereocenters. The molecule has 2 saturated heterocycles. The molecule has 25 heavy (non-hydrogen) atoms. The third-order valence-corrected chi connectivity index (χ3v) is 4.74. The first-order valence-electron chi connectivity index (χ1n) is 8.49. The van der Waals surface area contributed by atoms with E-state index in [0.29, 0.717) is 26.1 Å². The summed E-state index contributed by atoms with van der Waals surface area (Å²) >= 11 is 0. The fourth-order valence-corrected chi connectivity index (χ4v) is 3.82. The van der Waals surface area contributed by atoms with Crippen LogP contribution in [-0.2, 0) is 19.1 Å². The van der Waals surface area contributed by atoms with Crippen LogP contribution in [0.2, 0.25) is 0 Å². The molecule has 0 aromatic carbocycles. The molecule has 2 bridgehead atoms. The molecule has 3 rings (SSSR count). The molecule has 1 spiro atoms. The average molecular weight is 352 g/mol. The second-order valence-electron chi connectivity index (χ2n) is 7.78. The number of carbonyl (C=O) groups is 3. The van der Waals surface area contributed by atoms with Gasteiger partial charge in [0.1, 0.15) is 17.1 Å². The first-order valence-corrected chi connectivity index (χ1v) is 8.49. The number of nitrogens with one attached hydrogen (secondary N) is 1. The second kappa shape index (κ2) is 6.01. The van der Waals surface area contributed by atoms with Crippen molar-refractivity contribution in [3.63, 3.8) is 0 Å². The van der Waals surface area contributed by atoms with E-state index in [2.05, 4.69) is 5.32 Å². The zero-order valence-corrected chi connectivity index (χ0v) is 14.7. The number of hydrogen-bond acceptors (Lipinski definition) is 5. The minimum absolute atomic E-state index is 0.184. The summed E-state index contributed by atoms with van der Waals surface area (Å²) in [4.78, 5) is 37.3. The minimum Gasteiger partial charge on any atom is -0.481 e. The van der Waals surface area contributed by atoms with Gasteiger partial charge in [-0.25, -0.2) is 4.79 Å². The summed E-state index contributed by atoms with van der Waals surface area (Å²) in [6.07, 6.45) is 3.13. The molecule has 0 aliphatic carbocycles. The lowest BCUT2D eigenvalue weighted by Crippen LogP contribution is -2.39. The molecule has 0 saturated carbocycles. The van der Waals surface area contributed by atoms with Gasteiger partial charge >= 0.3 is 12.1 Å². The van der Waals surface area contributed by atoms with Crippen molar-refractivity contribution in [1.82, 2.24) is 10.2 Å². The highest BCUT2D eigenvalue weighted by atomic mass is 16.6. The van der Waals surface area contributed by atoms with Crippen LogP contribution in [0.1, 0.15) is 27.2 Å².